The molecule has 0 bridgehead atoms. The molecule has 6 nitrogen and oxygen atoms in total. The van der Waals surface area contributed by atoms with Crippen molar-refractivity contribution in [3.8, 4) is 17.2 Å². The zero-order chi connectivity index (χ0) is 18.9. The molecule has 7 heteroatoms. The van der Waals surface area contributed by atoms with Gasteiger partial charge in [0.25, 0.3) is 5.91 Å². The molecule has 0 aliphatic carbocycles. The molecule has 0 aromatic heterocycles. The van der Waals surface area contributed by atoms with Crippen LogP contribution in [-0.2, 0) is 0 Å². The van der Waals surface area contributed by atoms with E-state index in [-0.39, 0.29) is 5.91 Å². The van der Waals surface area contributed by atoms with Gasteiger partial charge in [-0.15, -0.1) is 0 Å². The molecular formula is C19H21BrN2O4. The Bertz CT molecular complexity index is 793. The molecule has 0 radical (unpaired) electrons. The van der Waals surface area contributed by atoms with Crippen LogP contribution < -0.4 is 19.6 Å². The van der Waals surface area contributed by atoms with Crippen molar-refractivity contribution in [2.45, 2.75) is 13.8 Å². The molecule has 0 spiro atoms. The number of nitrogens with zero attached hydrogens (tertiary/aromatic N) is 1. The summed E-state index contributed by atoms with van der Waals surface area (Å²) in [4.78, 5) is 12.4. The Hall–Kier alpha value is -2.54. The number of rotatable bonds is 8. The van der Waals surface area contributed by atoms with Crippen LogP contribution in [0.25, 0.3) is 0 Å². The van der Waals surface area contributed by atoms with Crippen molar-refractivity contribution in [3.05, 3.63) is 52.0 Å². The Morgan fingerprint density at radius 1 is 1.08 bits per heavy atom. The van der Waals surface area contributed by atoms with E-state index in [0.29, 0.717) is 36.0 Å². The van der Waals surface area contributed by atoms with Crippen LogP contribution in [-0.4, -0.2) is 32.4 Å². The van der Waals surface area contributed by atoms with E-state index in [1.807, 2.05) is 26.0 Å². The van der Waals surface area contributed by atoms with Crippen LogP contribution >= 0.6 is 15.9 Å². The summed E-state index contributed by atoms with van der Waals surface area (Å²) >= 11 is 3.36. The number of benzene rings is 2. The van der Waals surface area contributed by atoms with E-state index in [9.17, 15) is 4.79 Å². The van der Waals surface area contributed by atoms with Crippen molar-refractivity contribution in [3.63, 3.8) is 0 Å². The van der Waals surface area contributed by atoms with Crippen LogP contribution in [0.2, 0.25) is 0 Å². The van der Waals surface area contributed by atoms with E-state index < -0.39 is 0 Å². The number of halogens is 1. The molecule has 1 N–H and O–H groups in total. The zero-order valence-electron chi connectivity index (χ0n) is 14.9. The number of amides is 1. The monoisotopic (exact) mass is 420 g/mol. The minimum absolute atomic E-state index is 0.357. The molecule has 0 unspecified atom stereocenters. The van der Waals surface area contributed by atoms with Crippen molar-refractivity contribution >= 4 is 28.1 Å². The summed E-state index contributed by atoms with van der Waals surface area (Å²) in [7, 11) is 1.57. The van der Waals surface area contributed by atoms with Crippen LogP contribution in [0, 0.1) is 0 Å². The van der Waals surface area contributed by atoms with Gasteiger partial charge in [0.05, 0.1) is 32.1 Å². The quantitative estimate of drug-likeness (QED) is 0.517. The highest BCUT2D eigenvalue weighted by Gasteiger charge is 2.12. The highest BCUT2D eigenvalue weighted by Crippen LogP contribution is 2.27. The first-order valence-electron chi connectivity index (χ1n) is 8.15. The summed E-state index contributed by atoms with van der Waals surface area (Å²) in [6.45, 7) is 4.79. The first-order valence-corrected chi connectivity index (χ1v) is 8.94. The Balaban J connectivity index is 2.11. The third kappa shape index (κ3) is 5.23. The van der Waals surface area contributed by atoms with E-state index >= 15 is 0 Å². The Morgan fingerprint density at radius 3 is 2.46 bits per heavy atom. The summed E-state index contributed by atoms with van der Waals surface area (Å²) in [5.74, 6) is 1.41. The van der Waals surface area contributed by atoms with Crippen molar-refractivity contribution < 1.29 is 19.0 Å². The number of ether oxygens (including phenoxy) is 3. The van der Waals surface area contributed by atoms with Gasteiger partial charge in [-0.2, -0.15) is 5.10 Å². The van der Waals surface area contributed by atoms with Crippen molar-refractivity contribution in [1.82, 2.24) is 5.43 Å². The molecule has 0 aliphatic heterocycles. The van der Waals surface area contributed by atoms with Gasteiger partial charge in [-0.25, -0.2) is 5.43 Å². The molecule has 1 amide bonds. The summed E-state index contributed by atoms with van der Waals surface area (Å²) in [6, 6.07) is 10.7. The van der Waals surface area contributed by atoms with Crippen molar-refractivity contribution in [2.24, 2.45) is 5.10 Å². The Labute approximate surface area is 161 Å². The smallest absolute Gasteiger partial charge is 0.275 e. The molecule has 2 rings (SSSR count). The first-order chi connectivity index (χ1) is 12.6. The normalized spacial score (nSPS) is 10.6. The van der Waals surface area contributed by atoms with Gasteiger partial charge in [0.2, 0.25) is 0 Å². The fourth-order valence-electron chi connectivity index (χ4n) is 2.23. The first kappa shape index (κ1) is 19.8. The van der Waals surface area contributed by atoms with Gasteiger partial charge in [0.15, 0.2) is 11.5 Å². The molecule has 0 heterocycles. The number of nitrogens with one attached hydrogen (secondary N) is 1. The fraction of sp³-hybridized carbons (Fsp3) is 0.263. The lowest BCUT2D eigenvalue weighted by Gasteiger charge is -2.10. The third-order valence-electron chi connectivity index (χ3n) is 3.35. The molecule has 0 fully saturated rings. The van der Waals surface area contributed by atoms with E-state index in [0.717, 1.165) is 10.0 Å². The van der Waals surface area contributed by atoms with E-state index in [1.54, 1.807) is 31.4 Å². The number of methoxy groups -OCH3 is 1. The average Bonchev–Trinajstić information content (AvgIpc) is 2.64. The number of carbonyl (C=O) groups is 1. The molecule has 2 aromatic rings. The van der Waals surface area contributed by atoms with Gasteiger partial charge in [-0.05, 0) is 55.8 Å². The minimum atomic E-state index is -0.357. The molecule has 0 atom stereocenters. The molecule has 0 saturated heterocycles. The molecular weight excluding hydrogens is 400 g/mol. The largest absolute Gasteiger partial charge is 0.493 e. The second-order valence-electron chi connectivity index (χ2n) is 5.12. The van der Waals surface area contributed by atoms with E-state index in [1.165, 1.54) is 6.21 Å². The maximum absolute atomic E-state index is 12.4. The predicted octanol–water partition coefficient (Wildman–Crippen LogP) is 4.02. The lowest BCUT2D eigenvalue weighted by Crippen LogP contribution is -2.18. The number of hydrogen-bond donors (Lipinski definition) is 1. The number of hydrazone groups is 1. The van der Waals surface area contributed by atoms with Crippen LogP contribution in [0.4, 0.5) is 0 Å². The topological polar surface area (TPSA) is 69.2 Å². The summed E-state index contributed by atoms with van der Waals surface area (Å²) < 4.78 is 17.0. The second-order valence-corrected chi connectivity index (χ2v) is 6.03. The van der Waals surface area contributed by atoms with Gasteiger partial charge in [0.1, 0.15) is 5.75 Å². The summed E-state index contributed by atoms with van der Waals surface area (Å²) in [6.07, 6.45) is 1.54. The maximum Gasteiger partial charge on any atom is 0.275 e. The predicted molar refractivity (Wildman–Crippen MR) is 105 cm³/mol. The van der Waals surface area contributed by atoms with Gasteiger partial charge < -0.3 is 14.2 Å². The zero-order valence-corrected chi connectivity index (χ0v) is 16.5. The molecule has 26 heavy (non-hydrogen) atoms. The highest BCUT2D eigenvalue weighted by atomic mass is 79.9. The van der Waals surface area contributed by atoms with Gasteiger partial charge in [-0.3, -0.25) is 4.79 Å². The van der Waals surface area contributed by atoms with Gasteiger partial charge in [0, 0.05) is 4.47 Å². The van der Waals surface area contributed by atoms with Crippen molar-refractivity contribution in [2.75, 3.05) is 20.3 Å². The minimum Gasteiger partial charge on any atom is -0.493 e. The standard InChI is InChI=1S/C19H21BrN2O4/c1-4-25-16-9-7-14(20)11-15(16)19(23)22-21-12-13-6-8-17(26-5-2)18(10-13)24-3/h6-12H,4-5H2,1-3H3,(H,22,23)/b21-12+. The molecule has 0 saturated carbocycles. The SMILES string of the molecule is CCOc1ccc(/C=N/NC(=O)c2cc(Br)ccc2OCC)cc1OC. The molecule has 0 aliphatic rings. The summed E-state index contributed by atoms with van der Waals surface area (Å²) in [5, 5.41) is 4.01. The van der Waals surface area contributed by atoms with Gasteiger partial charge >= 0.3 is 0 Å². The Kier molecular flexibility index (Phi) is 7.47. The van der Waals surface area contributed by atoms with Crippen LogP contribution in [0.3, 0.4) is 0 Å². The van der Waals surface area contributed by atoms with E-state index in [2.05, 4.69) is 26.5 Å². The Morgan fingerprint density at radius 2 is 1.77 bits per heavy atom. The van der Waals surface area contributed by atoms with Crippen molar-refractivity contribution in [1.29, 1.82) is 0 Å². The van der Waals surface area contributed by atoms with Crippen LogP contribution in [0.1, 0.15) is 29.8 Å². The number of hydrogen-bond acceptors (Lipinski definition) is 5. The molecule has 2 aromatic carbocycles. The lowest BCUT2D eigenvalue weighted by molar-refractivity contribution is 0.0951. The van der Waals surface area contributed by atoms with Gasteiger partial charge in [-0.1, -0.05) is 15.9 Å². The fourth-order valence-corrected chi connectivity index (χ4v) is 2.59. The lowest BCUT2D eigenvalue weighted by atomic mass is 10.2. The third-order valence-corrected chi connectivity index (χ3v) is 3.85. The molecule has 138 valence electrons. The second kappa shape index (κ2) is 9.82. The van der Waals surface area contributed by atoms with E-state index in [4.69, 9.17) is 14.2 Å². The van der Waals surface area contributed by atoms with Crippen LogP contribution in [0.15, 0.2) is 46.0 Å². The summed E-state index contributed by atoms with van der Waals surface area (Å²) in [5.41, 5.74) is 3.68. The number of carbonyl (C=O) groups excluding carboxylic acids is 1. The highest BCUT2D eigenvalue weighted by molar-refractivity contribution is 9.10. The average molecular weight is 421 g/mol. The maximum atomic E-state index is 12.4. The van der Waals surface area contributed by atoms with Crippen LogP contribution in [0.5, 0.6) is 17.2 Å².